The molecule has 4 rings (SSSR count). The number of hydrogen-bond donors (Lipinski definition) is 2. The van der Waals surface area contributed by atoms with Crippen LogP contribution in [0.1, 0.15) is 21.5 Å². The normalized spacial score (nSPS) is 11.2. The van der Waals surface area contributed by atoms with Gasteiger partial charge in [0, 0.05) is 12.1 Å². The molecule has 0 aliphatic rings. The van der Waals surface area contributed by atoms with Crippen LogP contribution in [0.3, 0.4) is 0 Å². The second-order valence-electron chi connectivity index (χ2n) is 7.11. The maximum absolute atomic E-state index is 13.0. The molecule has 0 fully saturated rings. The van der Waals surface area contributed by atoms with Crippen molar-refractivity contribution in [3.63, 3.8) is 0 Å². The minimum absolute atomic E-state index is 0.195. The van der Waals surface area contributed by atoms with Gasteiger partial charge in [0.25, 0.3) is 11.8 Å². The molecule has 4 aromatic rings. The number of fused-ring (bicyclic) bond motifs is 1. The van der Waals surface area contributed by atoms with E-state index in [1.54, 1.807) is 30.3 Å². The standard InChI is InChI=1S/C27H22N2O2/c30-26(22-13-5-2-6-14-22)29-25(27(31)28-19-20-10-3-1-4-11-20)18-23-16-9-15-21-12-7-8-17-24(21)23/h1-18H,19H2,(H,28,31)(H,29,30). The smallest absolute Gasteiger partial charge is 0.268 e. The molecule has 0 atom stereocenters. The molecule has 152 valence electrons. The predicted molar refractivity (Wildman–Crippen MR) is 124 cm³/mol. The Morgan fingerprint density at radius 1 is 0.710 bits per heavy atom. The number of amides is 2. The van der Waals surface area contributed by atoms with Crippen LogP contribution in [-0.2, 0) is 11.3 Å². The third kappa shape index (κ3) is 5.06. The van der Waals surface area contributed by atoms with Crippen LogP contribution in [-0.4, -0.2) is 11.8 Å². The van der Waals surface area contributed by atoms with Crippen molar-refractivity contribution >= 4 is 28.7 Å². The highest BCUT2D eigenvalue weighted by Crippen LogP contribution is 2.20. The van der Waals surface area contributed by atoms with E-state index in [1.165, 1.54) is 0 Å². The van der Waals surface area contributed by atoms with Crippen molar-refractivity contribution in [2.75, 3.05) is 0 Å². The van der Waals surface area contributed by atoms with E-state index in [0.717, 1.165) is 21.9 Å². The van der Waals surface area contributed by atoms with Gasteiger partial charge in [-0.1, -0.05) is 91.0 Å². The van der Waals surface area contributed by atoms with Crippen molar-refractivity contribution in [1.82, 2.24) is 10.6 Å². The highest BCUT2D eigenvalue weighted by molar-refractivity contribution is 6.06. The van der Waals surface area contributed by atoms with E-state index >= 15 is 0 Å². The molecule has 0 unspecified atom stereocenters. The van der Waals surface area contributed by atoms with Crippen LogP contribution in [0.4, 0.5) is 0 Å². The maximum atomic E-state index is 13.0. The van der Waals surface area contributed by atoms with Crippen LogP contribution in [0.5, 0.6) is 0 Å². The molecule has 0 spiro atoms. The van der Waals surface area contributed by atoms with Gasteiger partial charge in [-0.15, -0.1) is 0 Å². The minimum Gasteiger partial charge on any atom is -0.347 e. The molecule has 0 heterocycles. The number of carbonyl (C=O) groups is 2. The summed E-state index contributed by atoms with van der Waals surface area (Å²) in [6.45, 7) is 0.369. The van der Waals surface area contributed by atoms with Gasteiger partial charge in [0.15, 0.2) is 0 Å². The summed E-state index contributed by atoms with van der Waals surface area (Å²) in [5.41, 5.74) is 2.52. The molecule has 0 bridgehead atoms. The van der Waals surface area contributed by atoms with Gasteiger partial charge in [0.2, 0.25) is 0 Å². The zero-order chi connectivity index (χ0) is 21.5. The average Bonchev–Trinajstić information content (AvgIpc) is 2.83. The quantitative estimate of drug-likeness (QED) is 0.446. The van der Waals surface area contributed by atoms with E-state index in [0.29, 0.717) is 12.1 Å². The predicted octanol–water partition coefficient (Wildman–Crippen LogP) is 4.93. The lowest BCUT2D eigenvalue weighted by atomic mass is 10.0. The molecule has 0 aliphatic carbocycles. The zero-order valence-corrected chi connectivity index (χ0v) is 16.9. The van der Waals surface area contributed by atoms with Crippen molar-refractivity contribution in [1.29, 1.82) is 0 Å². The van der Waals surface area contributed by atoms with Crippen LogP contribution >= 0.6 is 0 Å². The molecule has 4 nitrogen and oxygen atoms in total. The first-order valence-electron chi connectivity index (χ1n) is 10.1. The van der Waals surface area contributed by atoms with Crippen LogP contribution in [0.25, 0.3) is 16.8 Å². The molecule has 2 amide bonds. The first-order chi connectivity index (χ1) is 15.2. The van der Waals surface area contributed by atoms with Crippen LogP contribution in [0.2, 0.25) is 0 Å². The second-order valence-corrected chi connectivity index (χ2v) is 7.11. The van der Waals surface area contributed by atoms with Crippen LogP contribution in [0.15, 0.2) is 109 Å². The molecule has 0 saturated carbocycles. The van der Waals surface area contributed by atoms with Crippen molar-refractivity contribution in [2.24, 2.45) is 0 Å². The number of carbonyl (C=O) groups excluding carboxylic acids is 2. The zero-order valence-electron chi connectivity index (χ0n) is 16.9. The number of rotatable bonds is 6. The third-order valence-corrected chi connectivity index (χ3v) is 4.95. The first kappa shape index (κ1) is 20.1. The molecular weight excluding hydrogens is 384 g/mol. The fourth-order valence-electron chi connectivity index (χ4n) is 3.35. The van der Waals surface area contributed by atoms with Gasteiger partial charge in [-0.2, -0.15) is 0 Å². The summed E-state index contributed by atoms with van der Waals surface area (Å²) < 4.78 is 0. The highest BCUT2D eigenvalue weighted by atomic mass is 16.2. The molecule has 0 saturated heterocycles. The van der Waals surface area contributed by atoms with Gasteiger partial charge in [-0.25, -0.2) is 0 Å². The van der Waals surface area contributed by atoms with E-state index in [9.17, 15) is 9.59 Å². The van der Waals surface area contributed by atoms with Crippen LogP contribution in [0, 0.1) is 0 Å². The highest BCUT2D eigenvalue weighted by Gasteiger charge is 2.15. The molecule has 0 radical (unpaired) electrons. The van der Waals surface area contributed by atoms with Gasteiger partial charge >= 0.3 is 0 Å². The Balaban J connectivity index is 1.65. The Kier molecular flexibility index (Phi) is 6.19. The summed E-state index contributed by atoms with van der Waals surface area (Å²) in [5, 5.41) is 7.77. The topological polar surface area (TPSA) is 58.2 Å². The van der Waals surface area contributed by atoms with E-state index in [4.69, 9.17) is 0 Å². The average molecular weight is 406 g/mol. The molecular formula is C27H22N2O2. The summed E-state index contributed by atoms with van der Waals surface area (Å²) >= 11 is 0. The van der Waals surface area contributed by atoms with Gasteiger partial charge < -0.3 is 10.6 Å². The maximum Gasteiger partial charge on any atom is 0.268 e. The molecule has 0 aliphatic heterocycles. The van der Waals surface area contributed by atoms with Crippen molar-refractivity contribution in [2.45, 2.75) is 6.54 Å². The Morgan fingerprint density at radius 3 is 2.13 bits per heavy atom. The molecule has 4 aromatic carbocycles. The summed E-state index contributed by atoms with van der Waals surface area (Å²) in [6.07, 6.45) is 1.73. The second kappa shape index (κ2) is 9.55. The van der Waals surface area contributed by atoms with E-state index in [2.05, 4.69) is 10.6 Å². The van der Waals surface area contributed by atoms with Gasteiger partial charge in [0.1, 0.15) is 5.70 Å². The lowest BCUT2D eigenvalue weighted by Crippen LogP contribution is -2.34. The Hall–Kier alpha value is -4.18. The molecule has 31 heavy (non-hydrogen) atoms. The molecule has 4 heteroatoms. The third-order valence-electron chi connectivity index (χ3n) is 4.95. The fourth-order valence-corrected chi connectivity index (χ4v) is 3.35. The number of hydrogen-bond acceptors (Lipinski definition) is 2. The Morgan fingerprint density at radius 2 is 1.35 bits per heavy atom. The lowest BCUT2D eigenvalue weighted by Gasteiger charge is -2.12. The van der Waals surface area contributed by atoms with Crippen molar-refractivity contribution in [3.8, 4) is 0 Å². The lowest BCUT2D eigenvalue weighted by molar-refractivity contribution is -0.117. The van der Waals surface area contributed by atoms with E-state index in [-0.39, 0.29) is 17.5 Å². The number of benzene rings is 4. The minimum atomic E-state index is -0.346. The summed E-state index contributed by atoms with van der Waals surface area (Å²) in [7, 11) is 0. The van der Waals surface area contributed by atoms with E-state index < -0.39 is 0 Å². The van der Waals surface area contributed by atoms with Gasteiger partial charge in [-0.3, -0.25) is 9.59 Å². The van der Waals surface area contributed by atoms with Crippen molar-refractivity contribution < 1.29 is 9.59 Å². The summed E-state index contributed by atoms with van der Waals surface area (Å²) in [6, 6.07) is 32.3. The molecule has 2 N–H and O–H groups in total. The van der Waals surface area contributed by atoms with Gasteiger partial charge in [0.05, 0.1) is 0 Å². The van der Waals surface area contributed by atoms with Crippen LogP contribution < -0.4 is 10.6 Å². The van der Waals surface area contributed by atoms with Crippen molar-refractivity contribution in [3.05, 3.63) is 126 Å². The SMILES string of the molecule is O=C(NCc1ccccc1)C(=Cc1cccc2ccccc12)NC(=O)c1ccccc1. The van der Waals surface area contributed by atoms with Gasteiger partial charge in [-0.05, 0) is 40.1 Å². The summed E-state index contributed by atoms with van der Waals surface area (Å²) in [5.74, 6) is -0.678. The number of nitrogens with one attached hydrogen (secondary N) is 2. The summed E-state index contributed by atoms with van der Waals surface area (Å²) in [4.78, 5) is 25.8. The Bertz CT molecular complexity index is 1230. The monoisotopic (exact) mass is 406 g/mol. The molecule has 0 aromatic heterocycles. The largest absolute Gasteiger partial charge is 0.347 e. The van der Waals surface area contributed by atoms with E-state index in [1.807, 2.05) is 78.9 Å². The fraction of sp³-hybridized carbons (Fsp3) is 0.0370. The Labute approximate surface area is 181 Å². The first-order valence-corrected chi connectivity index (χ1v) is 10.1.